The molecule has 0 aliphatic carbocycles. The van der Waals surface area contributed by atoms with Crippen LogP contribution in [0.5, 0.6) is 0 Å². The van der Waals surface area contributed by atoms with E-state index in [2.05, 4.69) is 75.6 Å². The Bertz CT molecular complexity index is 881. The maximum absolute atomic E-state index is 5.81. The van der Waals surface area contributed by atoms with Crippen LogP contribution in [0.1, 0.15) is 13.3 Å². The fourth-order valence-electron chi connectivity index (χ4n) is 2.93. The maximum atomic E-state index is 5.81. The minimum atomic E-state index is -1.05. The van der Waals surface area contributed by atoms with Crippen molar-refractivity contribution >= 4 is 34.9 Å². The summed E-state index contributed by atoms with van der Waals surface area (Å²) in [4.78, 5) is 4.39. The number of hydrogen-bond acceptors (Lipinski definition) is 3. The topological polar surface area (TPSA) is 44.9 Å². The Morgan fingerprint density at radius 3 is 2.73 bits per heavy atom. The Kier molecular flexibility index (Phi) is 5.99. The molecule has 0 radical (unpaired) electrons. The van der Waals surface area contributed by atoms with Gasteiger partial charge in [0.05, 0.1) is 17.9 Å². The Hall–Kier alpha value is -1.44. The van der Waals surface area contributed by atoms with Crippen molar-refractivity contribution in [3.8, 4) is 11.1 Å². The zero-order chi connectivity index (χ0) is 18.7. The predicted octanol–water partition coefficient (Wildman–Crippen LogP) is 5.38. The van der Waals surface area contributed by atoms with E-state index in [0.717, 1.165) is 35.3 Å². The van der Waals surface area contributed by atoms with E-state index >= 15 is 0 Å². The lowest BCUT2D eigenvalue weighted by Gasteiger charge is -2.15. The number of rotatable bonds is 8. The van der Waals surface area contributed by atoms with Crippen LogP contribution in [0.4, 0.5) is 0 Å². The van der Waals surface area contributed by atoms with Gasteiger partial charge in [-0.25, -0.2) is 9.67 Å². The van der Waals surface area contributed by atoms with Crippen molar-refractivity contribution in [1.29, 1.82) is 0 Å². The summed E-state index contributed by atoms with van der Waals surface area (Å²) >= 11 is 3.49. The van der Waals surface area contributed by atoms with Crippen molar-refractivity contribution in [2.75, 3.05) is 6.61 Å². The van der Waals surface area contributed by atoms with Crippen molar-refractivity contribution in [2.24, 2.45) is 0 Å². The molecule has 0 aliphatic rings. The van der Waals surface area contributed by atoms with Crippen molar-refractivity contribution in [1.82, 2.24) is 19.3 Å². The third-order valence-corrected chi connectivity index (χ3v) is 6.50. The van der Waals surface area contributed by atoms with E-state index < -0.39 is 8.07 Å². The first-order valence-corrected chi connectivity index (χ1v) is 13.6. The highest BCUT2D eigenvalue weighted by Crippen LogP contribution is 2.31. The van der Waals surface area contributed by atoms with Crippen LogP contribution >= 0.6 is 15.9 Å². The molecule has 0 aliphatic heterocycles. The normalized spacial score (nSPS) is 12.2. The molecule has 0 aromatic carbocycles. The average molecular weight is 435 g/mol. The fourth-order valence-corrected chi connectivity index (χ4v) is 4.02. The van der Waals surface area contributed by atoms with Gasteiger partial charge in [-0.05, 0) is 34.5 Å². The molecule has 3 aromatic heterocycles. The minimum Gasteiger partial charge on any atom is -0.360 e. The lowest BCUT2D eigenvalue weighted by atomic mass is 10.1. The molecule has 3 rings (SSSR count). The molecule has 140 valence electrons. The lowest BCUT2D eigenvalue weighted by Crippen LogP contribution is -2.22. The number of aryl methyl sites for hydroxylation is 1. The molecule has 0 fully saturated rings. The fraction of sp³-hybridized carbons (Fsp3) is 0.474. The number of aromatic nitrogens is 4. The zero-order valence-electron chi connectivity index (χ0n) is 16.0. The van der Waals surface area contributed by atoms with Gasteiger partial charge in [-0.1, -0.05) is 26.6 Å². The molecule has 0 amide bonds. The second-order valence-electron chi connectivity index (χ2n) is 7.88. The number of halogens is 1. The van der Waals surface area contributed by atoms with E-state index in [9.17, 15) is 0 Å². The summed E-state index contributed by atoms with van der Waals surface area (Å²) in [5, 5.41) is 5.67. The van der Waals surface area contributed by atoms with Crippen LogP contribution in [0.25, 0.3) is 22.0 Å². The summed E-state index contributed by atoms with van der Waals surface area (Å²) in [6, 6.07) is 3.26. The molecule has 0 bridgehead atoms. The van der Waals surface area contributed by atoms with Crippen molar-refractivity contribution in [3.63, 3.8) is 0 Å². The summed E-state index contributed by atoms with van der Waals surface area (Å²) in [6.07, 6.45) is 9.21. The lowest BCUT2D eigenvalue weighted by molar-refractivity contribution is 0.0786. The Morgan fingerprint density at radius 1 is 1.19 bits per heavy atom. The molecule has 0 saturated carbocycles. The predicted molar refractivity (Wildman–Crippen MR) is 113 cm³/mol. The number of fused-ring (bicyclic) bond motifs is 1. The number of nitrogens with zero attached hydrogens (tertiary/aromatic N) is 4. The first-order valence-electron chi connectivity index (χ1n) is 9.12. The molecule has 0 N–H and O–H groups in total. The summed E-state index contributed by atoms with van der Waals surface area (Å²) in [5.74, 6) is 0. The molecule has 0 saturated heterocycles. The molecule has 26 heavy (non-hydrogen) atoms. The van der Waals surface area contributed by atoms with Gasteiger partial charge in [0, 0.05) is 50.1 Å². The third kappa shape index (κ3) is 4.63. The minimum absolute atomic E-state index is 0.503. The van der Waals surface area contributed by atoms with Crippen molar-refractivity contribution < 1.29 is 4.74 Å². The molecule has 0 spiro atoms. The van der Waals surface area contributed by atoms with E-state index in [1.807, 2.05) is 17.1 Å². The molecule has 0 unspecified atom stereocenters. The Labute approximate surface area is 164 Å². The molecule has 3 heterocycles. The third-order valence-electron chi connectivity index (χ3n) is 4.36. The van der Waals surface area contributed by atoms with E-state index in [1.165, 1.54) is 17.0 Å². The molecule has 3 aromatic rings. The van der Waals surface area contributed by atoms with Crippen LogP contribution in [0.2, 0.25) is 25.7 Å². The van der Waals surface area contributed by atoms with Gasteiger partial charge >= 0.3 is 0 Å². The molecular weight excluding hydrogens is 408 g/mol. The number of pyridine rings is 1. The second-order valence-corrected chi connectivity index (χ2v) is 14.3. The second kappa shape index (κ2) is 8.06. The molecule has 0 atom stereocenters. The highest BCUT2D eigenvalue weighted by molar-refractivity contribution is 9.10. The standard InChI is InChI=1S/C19H27BrN4OSi/c1-5-6-23-13-17(16-9-19(20)21-11-18(16)23)15-10-22-24(12-15)14-25-7-8-26(2,3)4/h9-13H,5-8,14H2,1-4H3. The van der Waals surface area contributed by atoms with Crippen molar-refractivity contribution in [3.05, 3.63) is 35.5 Å². The SMILES string of the molecule is CCCn1cc(-c2cnn(COCC[Si](C)(C)C)c2)c2cc(Br)ncc21. The number of ether oxygens (including phenoxy) is 1. The van der Waals surface area contributed by atoms with Gasteiger partial charge < -0.3 is 9.30 Å². The van der Waals surface area contributed by atoms with Crippen LogP contribution in [0.3, 0.4) is 0 Å². The van der Waals surface area contributed by atoms with Gasteiger partial charge in [0.1, 0.15) is 11.3 Å². The monoisotopic (exact) mass is 434 g/mol. The van der Waals surface area contributed by atoms with E-state index in [4.69, 9.17) is 4.74 Å². The van der Waals surface area contributed by atoms with Crippen molar-refractivity contribution in [2.45, 2.75) is 52.3 Å². The highest BCUT2D eigenvalue weighted by atomic mass is 79.9. The van der Waals surface area contributed by atoms with Crippen LogP contribution < -0.4 is 0 Å². The van der Waals surface area contributed by atoms with E-state index in [0.29, 0.717) is 6.73 Å². The maximum Gasteiger partial charge on any atom is 0.139 e. The first kappa shape index (κ1) is 19.3. The van der Waals surface area contributed by atoms with Gasteiger partial charge in [-0.3, -0.25) is 0 Å². The van der Waals surface area contributed by atoms with E-state index in [1.54, 1.807) is 0 Å². The first-order chi connectivity index (χ1) is 12.4. The number of hydrogen-bond donors (Lipinski definition) is 0. The summed E-state index contributed by atoms with van der Waals surface area (Å²) in [5.41, 5.74) is 3.45. The van der Waals surface area contributed by atoms with Gasteiger partial charge in [-0.2, -0.15) is 5.10 Å². The van der Waals surface area contributed by atoms with Crippen LogP contribution in [0, 0.1) is 0 Å². The van der Waals surface area contributed by atoms with Gasteiger partial charge in [0.25, 0.3) is 0 Å². The van der Waals surface area contributed by atoms with Gasteiger partial charge in [0.15, 0.2) is 0 Å². The summed E-state index contributed by atoms with van der Waals surface area (Å²) < 4.78 is 10.8. The zero-order valence-corrected chi connectivity index (χ0v) is 18.6. The van der Waals surface area contributed by atoms with Crippen LogP contribution in [-0.4, -0.2) is 34.0 Å². The molecular formula is C19H27BrN4OSi. The summed E-state index contributed by atoms with van der Waals surface area (Å²) in [7, 11) is -1.05. The molecule has 5 nitrogen and oxygen atoms in total. The van der Waals surface area contributed by atoms with Gasteiger partial charge in [0.2, 0.25) is 0 Å². The van der Waals surface area contributed by atoms with Gasteiger partial charge in [-0.15, -0.1) is 0 Å². The average Bonchev–Trinajstić information content (AvgIpc) is 3.16. The Balaban J connectivity index is 1.79. The van der Waals surface area contributed by atoms with Crippen LogP contribution in [0.15, 0.2) is 35.5 Å². The van der Waals surface area contributed by atoms with E-state index in [-0.39, 0.29) is 0 Å². The molecule has 7 heteroatoms. The largest absolute Gasteiger partial charge is 0.360 e. The quantitative estimate of drug-likeness (QED) is 0.271. The Morgan fingerprint density at radius 2 is 2.00 bits per heavy atom. The van der Waals surface area contributed by atoms with Crippen LogP contribution in [-0.2, 0) is 18.0 Å². The highest BCUT2D eigenvalue weighted by Gasteiger charge is 2.14. The summed E-state index contributed by atoms with van der Waals surface area (Å²) in [6.45, 7) is 11.6. The smallest absolute Gasteiger partial charge is 0.139 e.